The zero-order valence-electron chi connectivity index (χ0n) is 12.3. The quantitative estimate of drug-likeness (QED) is 0.868. The van der Waals surface area contributed by atoms with Gasteiger partial charge in [0.15, 0.2) is 16.6 Å². The molecule has 5 nitrogen and oxygen atoms in total. The van der Waals surface area contributed by atoms with Gasteiger partial charge in [0.2, 0.25) is 0 Å². The van der Waals surface area contributed by atoms with Gasteiger partial charge in [-0.15, -0.1) is 0 Å². The number of hydrogen-bond acceptors (Lipinski definition) is 5. The van der Waals surface area contributed by atoms with Gasteiger partial charge in [-0.3, -0.25) is 4.79 Å². The number of aromatic carboxylic acids is 1. The largest absolute Gasteiger partial charge is 0.476 e. The van der Waals surface area contributed by atoms with E-state index in [1.54, 1.807) is 0 Å². The second-order valence-electron chi connectivity index (χ2n) is 6.33. The lowest BCUT2D eigenvalue weighted by molar-refractivity contribution is 0.0687. The molecule has 110 valence electrons. The van der Waals surface area contributed by atoms with Crippen molar-refractivity contribution >= 4 is 28.2 Å². The highest BCUT2D eigenvalue weighted by atomic mass is 32.1. The van der Waals surface area contributed by atoms with Gasteiger partial charge < -0.3 is 10.0 Å². The first-order chi connectivity index (χ1) is 9.20. The van der Waals surface area contributed by atoms with E-state index in [0.29, 0.717) is 11.0 Å². The zero-order valence-corrected chi connectivity index (χ0v) is 13.1. The second kappa shape index (κ2) is 5.16. The van der Waals surface area contributed by atoms with E-state index in [-0.39, 0.29) is 21.8 Å². The molecule has 0 aliphatic carbocycles. The summed E-state index contributed by atoms with van der Waals surface area (Å²) in [5, 5.41) is 9.78. The van der Waals surface area contributed by atoms with Gasteiger partial charge >= 0.3 is 5.97 Å². The van der Waals surface area contributed by atoms with Gasteiger partial charge in [-0.2, -0.15) is 0 Å². The van der Waals surface area contributed by atoms with Gasteiger partial charge in [0.1, 0.15) is 4.88 Å². The predicted octanol–water partition coefficient (Wildman–Crippen LogP) is 2.92. The lowest BCUT2D eigenvalue weighted by Gasteiger charge is -2.26. The Labute approximate surface area is 122 Å². The van der Waals surface area contributed by atoms with Crippen molar-refractivity contribution in [2.75, 3.05) is 18.0 Å². The number of carbonyl (C=O) groups is 2. The molecule has 2 rings (SSSR count). The monoisotopic (exact) mass is 296 g/mol. The van der Waals surface area contributed by atoms with Crippen LogP contribution in [0.15, 0.2) is 0 Å². The van der Waals surface area contributed by atoms with Crippen LogP contribution >= 0.6 is 11.3 Å². The first-order valence-corrected chi connectivity index (χ1v) is 7.52. The van der Waals surface area contributed by atoms with E-state index in [4.69, 9.17) is 5.11 Å². The van der Waals surface area contributed by atoms with Crippen molar-refractivity contribution in [2.24, 2.45) is 11.3 Å². The van der Waals surface area contributed by atoms with Gasteiger partial charge in [0.25, 0.3) is 0 Å². The second-order valence-corrected chi connectivity index (χ2v) is 7.31. The maximum absolute atomic E-state index is 11.5. The predicted molar refractivity (Wildman–Crippen MR) is 78.9 cm³/mol. The number of rotatable bonds is 3. The number of hydrogen-bond donors (Lipinski definition) is 1. The molecular formula is C14H20N2O3S. The lowest BCUT2D eigenvalue weighted by Crippen LogP contribution is -2.25. The normalized spacial score (nSPS) is 19.4. The summed E-state index contributed by atoms with van der Waals surface area (Å²) in [7, 11) is 0. The van der Waals surface area contributed by atoms with Crippen LogP contribution in [0.1, 0.15) is 54.3 Å². The molecule has 0 aromatic carbocycles. The number of thiazole rings is 1. The van der Waals surface area contributed by atoms with Crippen LogP contribution < -0.4 is 4.90 Å². The Kier molecular flexibility index (Phi) is 3.86. The molecule has 1 saturated heterocycles. The summed E-state index contributed by atoms with van der Waals surface area (Å²) in [6, 6.07) is 0. The Balaban J connectivity index is 2.25. The summed E-state index contributed by atoms with van der Waals surface area (Å²) in [5.74, 6) is -0.817. The van der Waals surface area contributed by atoms with Crippen molar-refractivity contribution in [3.8, 4) is 0 Å². The molecule has 1 fully saturated rings. The SMILES string of the molecule is CC(=O)c1sc(N2CCC(C(C)(C)C)C2)nc1C(=O)O. The maximum Gasteiger partial charge on any atom is 0.356 e. The fraction of sp³-hybridized carbons (Fsp3) is 0.643. The van der Waals surface area contributed by atoms with Crippen molar-refractivity contribution in [2.45, 2.75) is 34.1 Å². The molecule has 6 heteroatoms. The van der Waals surface area contributed by atoms with Crippen molar-refractivity contribution in [1.82, 2.24) is 4.98 Å². The molecule has 20 heavy (non-hydrogen) atoms. The summed E-state index contributed by atoms with van der Waals surface area (Å²) < 4.78 is 0. The van der Waals surface area contributed by atoms with Crippen molar-refractivity contribution in [3.63, 3.8) is 0 Å². The smallest absolute Gasteiger partial charge is 0.356 e. The highest BCUT2D eigenvalue weighted by Crippen LogP contribution is 2.37. The number of carboxylic acids is 1. The van der Waals surface area contributed by atoms with Gasteiger partial charge in [-0.25, -0.2) is 9.78 Å². The molecule has 1 aliphatic heterocycles. The minimum absolute atomic E-state index is 0.114. The molecule has 1 aliphatic rings. The minimum Gasteiger partial charge on any atom is -0.476 e. The van der Waals surface area contributed by atoms with Gasteiger partial charge in [-0.1, -0.05) is 32.1 Å². The van der Waals surface area contributed by atoms with Crippen LogP contribution in [0.5, 0.6) is 0 Å². The summed E-state index contributed by atoms with van der Waals surface area (Å²) in [4.78, 5) is 29.2. The van der Waals surface area contributed by atoms with Crippen LogP contribution in [0, 0.1) is 11.3 Å². The van der Waals surface area contributed by atoms with Crippen LogP contribution in [-0.4, -0.2) is 34.9 Å². The number of nitrogens with zero attached hydrogens (tertiary/aromatic N) is 2. The standard InChI is InChI=1S/C14H20N2O3S/c1-8(17)11-10(12(18)19)15-13(20-11)16-6-5-9(7-16)14(2,3)4/h9H,5-7H2,1-4H3,(H,18,19). The maximum atomic E-state index is 11.5. The molecule has 0 saturated carbocycles. The Hall–Kier alpha value is -1.43. The highest BCUT2D eigenvalue weighted by Gasteiger charge is 2.34. The topological polar surface area (TPSA) is 70.5 Å². The van der Waals surface area contributed by atoms with Crippen LogP contribution in [0.3, 0.4) is 0 Å². The third-order valence-corrected chi connectivity index (χ3v) is 5.04. The zero-order chi connectivity index (χ0) is 15.1. The summed E-state index contributed by atoms with van der Waals surface area (Å²) in [6.07, 6.45) is 1.07. The first kappa shape index (κ1) is 15.0. The Morgan fingerprint density at radius 2 is 2.05 bits per heavy atom. The number of carboxylic acid groups (broad SMARTS) is 1. The molecule has 1 N–H and O–H groups in total. The number of carbonyl (C=O) groups excluding carboxylic acids is 1. The number of anilines is 1. The van der Waals surface area contributed by atoms with E-state index < -0.39 is 5.97 Å². The molecular weight excluding hydrogens is 276 g/mol. The van der Waals surface area contributed by atoms with Crippen molar-refractivity contribution in [1.29, 1.82) is 0 Å². The van der Waals surface area contributed by atoms with E-state index in [2.05, 4.69) is 30.7 Å². The van der Waals surface area contributed by atoms with Crippen molar-refractivity contribution in [3.05, 3.63) is 10.6 Å². The Morgan fingerprint density at radius 3 is 2.45 bits per heavy atom. The molecule has 0 bridgehead atoms. The molecule has 1 atom stereocenters. The average molecular weight is 296 g/mol. The number of ketones is 1. The van der Waals surface area contributed by atoms with Gasteiger partial charge in [0.05, 0.1) is 0 Å². The Bertz CT molecular complexity index is 514. The number of aromatic nitrogens is 1. The minimum atomic E-state index is -1.13. The van der Waals surface area contributed by atoms with Crippen LogP contribution in [0.2, 0.25) is 0 Å². The summed E-state index contributed by atoms with van der Waals surface area (Å²) in [6.45, 7) is 9.76. The first-order valence-electron chi connectivity index (χ1n) is 6.70. The molecule has 0 amide bonds. The molecule has 1 aromatic rings. The van der Waals surface area contributed by atoms with Crippen LogP contribution in [0.25, 0.3) is 0 Å². The molecule has 0 radical (unpaired) electrons. The molecule has 1 unspecified atom stereocenters. The van der Waals surface area contributed by atoms with Crippen LogP contribution in [0.4, 0.5) is 5.13 Å². The summed E-state index contributed by atoms with van der Waals surface area (Å²) >= 11 is 1.19. The average Bonchev–Trinajstić information content (AvgIpc) is 2.94. The number of Topliss-reactive ketones (excluding diaryl/α,β-unsaturated/α-hetero) is 1. The van der Waals surface area contributed by atoms with E-state index in [9.17, 15) is 9.59 Å². The molecule has 2 heterocycles. The Morgan fingerprint density at radius 1 is 1.40 bits per heavy atom. The van der Waals surface area contributed by atoms with E-state index in [1.807, 2.05) is 0 Å². The van der Waals surface area contributed by atoms with E-state index in [1.165, 1.54) is 18.3 Å². The van der Waals surface area contributed by atoms with E-state index in [0.717, 1.165) is 19.5 Å². The fourth-order valence-electron chi connectivity index (χ4n) is 2.47. The van der Waals surface area contributed by atoms with E-state index >= 15 is 0 Å². The third kappa shape index (κ3) is 2.85. The fourth-order valence-corrected chi connectivity index (χ4v) is 3.46. The molecule has 0 spiro atoms. The third-order valence-electron chi connectivity index (χ3n) is 3.82. The highest BCUT2D eigenvalue weighted by molar-refractivity contribution is 7.17. The lowest BCUT2D eigenvalue weighted by atomic mass is 9.80. The van der Waals surface area contributed by atoms with Gasteiger partial charge in [-0.05, 0) is 17.8 Å². The summed E-state index contributed by atoms with van der Waals surface area (Å²) in [5.41, 5.74) is 0.113. The van der Waals surface area contributed by atoms with Crippen LogP contribution in [-0.2, 0) is 0 Å². The van der Waals surface area contributed by atoms with Gasteiger partial charge in [0, 0.05) is 20.0 Å². The molecule has 1 aromatic heterocycles. The van der Waals surface area contributed by atoms with Crippen molar-refractivity contribution < 1.29 is 14.7 Å².